The Balaban J connectivity index is 1.49. The van der Waals surface area contributed by atoms with E-state index >= 15 is 0 Å². The monoisotopic (exact) mass is 347 g/mol. The standard InChI is InChI=1S/C23H25NO2/c1-17-12-14-19(15-13-17)7-6-16-24-23(25)18(2)26-22-11-5-9-20-8-3-4-10-21(20)22/h3-5,8-15,18H,6-7,16H2,1-2H3,(H,24,25)/t18-/m0/s1. The third-order valence-corrected chi connectivity index (χ3v) is 4.48. The van der Waals surface area contributed by atoms with Crippen LogP contribution in [-0.4, -0.2) is 18.6 Å². The largest absolute Gasteiger partial charge is 0.480 e. The van der Waals surface area contributed by atoms with Crippen molar-refractivity contribution < 1.29 is 9.53 Å². The van der Waals surface area contributed by atoms with Crippen molar-refractivity contribution in [2.45, 2.75) is 32.8 Å². The summed E-state index contributed by atoms with van der Waals surface area (Å²) >= 11 is 0. The van der Waals surface area contributed by atoms with Crippen LogP contribution in [0.2, 0.25) is 0 Å². The molecule has 3 aromatic rings. The van der Waals surface area contributed by atoms with Gasteiger partial charge < -0.3 is 10.1 Å². The molecule has 0 saturated heterocycles. The minimum absolute atomic E-state index is 0.0816. The van der Waals surface area contributed by atoms with Crippen molar-refractivity contribution in [1.29, 1.82) is 0 Å². The van der Waals surface area contributed by atoms with Crippen LogP contribution in [0.15, 0.2) is 66.7 Å². The highest BCUT2D eigenvalue weighted by molar-refractivity contribution is 5.89. The molecule has 1 atom stereocenters. The lowest BCUT2D eigenvalue weighted by Gasteiger charge is -2.16. The first-order valence-electron chi connectivity index (χ1n) is 9.11. The third kappa shape index (κ3) is 4.63. The maximum absolute atomic E-state index is 12.3. The van der Waals surface area contributed by atoms with Gasteiger partial charge in [-0.05, 0) is 43.7 Å². The zero-order valence-corrected chi connectivity index (χ0v) is 15.4. The first kappa shape index (κ1) is 18.0. The molecule has 0 aliphatic rings. The van der Waals surface area contributed by atoms with Crippen LogP contribution in [0.25, 0.3) is 10.8 Å². The third-order valence-electron chi connectivity index (χ3n) is 4.48. The van der Waals surface area contributed by atoms with E-state index in [1.54, 1.807) is 6.92 Å². The van der Waals surface area contributed by atoms with E-state index in [0.717, 1.165) is 29.4 Å². The maximum atomic E-state index is 12.3. The molecule has 3 rings (SSSR count). The van der Waals surface area contributed by atoms with Gasteiger partial charge in [0.1, 0.15) is 5.75 Å². The fourth-order valence-electron chi connectivity index (χ4n) is 2.95. The number of carbonyl (C=O) groups excluding carboxylic acids is 1. The fraction of sp³-hybridized carbons (Fsp3) is 0.261. The van der Waals surface area contributed by atoms with Gasteiger partial charge in [0.05, 0.1) is 0 Å². The average molecular weight is 347 g/mol. The van der Waals surface area contributed by atoms with Crippen LogP contribution in [0, 0.1) is 6.92 Å². The van der Waals surface area contributed by atoms with E-state index in [-0.39, 0.29) is 5.91 Å². The predicted octanol–water partition coefficient (Wildman–Crippen LogP) is 4.66. The van der Waals surface area contributed by atoms with E-state index in [2.05, 4.69) is 36.5 Å². The van der Waals surface area contributed by atoms with Crippen LogP contribution >= 0.6 is 0 Å². The highest BCUT2D eigenvalue weighted by atomic mass is 16.5. The van der Waals surface area contributed by atoms with Gasteiger partial charge in [0.15, 0.2) is 6.10 Å². The molecule has 3 nitrogen and oxygen atoms in total. The van der Waals surface area contributed by atoms with Crippen molar-refractivity contribution in [3.8, 4) is 5.75 Å². The zero-order chi connectivity index (χ0) is 18.4. The normalized spacial score (nSPS) is 11.9. The molecule has 0 aliphatic carbocycles. The van der Waals surface area contributed by atoms with Crippen molar-refractivity contribution in [3.63, 3.8) is 0 Å². The Kier molecular flexibility index (Phi) is 5.90. The van der Waals surface area contributed by atoms with E-state index in [4.69, 9.17) is 4.74 Å². The van der Waals surface area contributed by atoms with Gasteiger partial charge in [-0.1, -0.05) is 66.2 Å². The highest BCUT2D eigenvalue weighted by Crippen LogP contribution is 2.26. The topological polar surface area (TPSA) is 38.3 Å². The number of amides is 1. The van der Waals surface area contributed by atoms with E-state index in [0.29, 0.717) is 6.54 Å². The van der Waals surface area contributed by atoms with Crippen LogP contribution in [-0.2, 0) is 11.2 Å². The molecule has 0 spiro atoms. The number of aryl methyl sites for hydroxylation is 2. The number of hydrogen-bond acceptors (Lipinski definition) is 2. The van der Waals surface area contributed by atoms with Gasteiger partial charge >= 0.3 is 0 Å². The van der Waals surface area contributed by atoms with Crippen molar-refractivity contribution in [2.24, 2.45) is 0 Å². The van der Waals surface area contributed by atoms with Crippen LogP contribution in [0.3, 0.4) is 0 Å². The van der Waals surface area contributed by atoms with Gasteiger partial charge in [0.25, 0.3) is 5.91 Å². The Morgan fingerprint density at radius 2 is 1.73 bits per heavy atom. The van der Waals surface area contributed by atoms with Crippen molar-refractivity contribution in [1.82, 2.24) is 5.32 Å². The first-order valence-corrected chi connectivity index (χ1v) is 9.11. The minimum atomic E-state index is -0.528. The molecular formula is C23H25NO2. The molecule has 134 valence electrons. The van der Waals surface area contributed by atoms with Crippen molar-refractivity contribution >= 4 is 16.7 Å². The fourth-order valence-corrected chi connectivity index (χ4v) is 2.95. The predicted molar refractivity (Wildman–Crippen MR) is 107 cm³/mol. The van der Waals surface area contributed by atoms with Crippen molar-refractivity contribution in [2.75, 3.05) is 6.54 Å². The summed E-state index contributed by atoms with van der Waals surface area (Å²) in [5.41, 5.74) is 2.56. The van der Waals surface area contributed by atoms with Gasteiger partial charge in [0.2, 0.25) is 0 Å². The molecule has 1 amide bonds. The Morgan fingerprint density at radius 1 is 1.00 bits per heavy atom. The van der Waals surface area contributed by atoms with Gasteiger partial charge in [-0.3, -0.25) is 4.79 Å². The van der Waals surface area contributed by atoms with Crippen LogP contribution in [0.1, 0.15) is 24.5 Å². The number of ether oxygens (including phenoxy) is 1. The highest BCUT2D eigenvalue weighted by Gasteiger charge is 2.15. The zero-order valence-electron chi connectivity index (χ0n) is 15.4. The second kappa shape index (κ2) is 8.52. The van der Waals surface area contributed by atoms with E-state index in [9.17, 15) is 4.79 Å². The minimum Gasteiger partial charge on any atom is -0.480 e. The van der Waals surface area contributed by atoms with Gasteiger partial charge in [-0.25, -0.2) is 0 Å². The van der Waals surface area contributed by atoms with Gasteiger partial charge in [-0.2, -0.15) is 0 Å². The number of nitrogens with one attached hydrogen (secondary N) is 1. The molecule has 0 unspecified atom stereocenters. The number of fused-ring (bicyclic) bond motifs is 1. The molecule has 0 heterocycles. The maximum Gasteiger partial charge on any atom is 0.260 e. The quantitative estimate of drug-likeness (QED) is 0.631. The Morgan fingerprint density at radius 3 is 2.54 bits per heavy atom. The lowest BCUT2D eigenvalue weighted by molar-refractivity contribution is -0.127. The lowest BCUT2D eigenvalue weighted by atomic mass is 10.1. The summed E-state index contributed by atoms with van der Waals surface area (Å²) in [6.45, 7) is 4.52. The number of benzene rings is 3. The first-order chi connectivity index (χ1) is 12.6. The SMILES string of the molecule is Cc1ccc(CCCNC(=O)[C@H](C)Oc2cccc3ccccc23)cc1. The number of hydrogen-bond donors (Lipinski definition) is 1. The lowest BCUT2D eigenvalue weighted by Crippen LogP contribution is -2.37. The Bertz CT molecular complexity index is 866. The van der Waals surface area contributed by atoms with E-state index in [1.807, 2.05) is 42.5 Å². The van der Waals surface area contributed by atoms with Crippen molar-refractivity contribution in [3.05, 3.63) is 77.9 Å². The van der Waals surface area contributed by atoms with Crippen LogP contribution < -0.4 is 10.1 Å². The molecule has 0 saturated carbocycles. The van der Waals surface area contributed by atoms with E-state index < -0.39 is 6.10 Å². The second-order valence-corrected chi connectivity index (χ2v) is 6.62. The summed E-state index contributed by atoms with van der Waals surface area (Å²) in [4.78, 5) is 12.3. The van der Waals surface area contributed by atoms with Gasteiger partial charge in [0, 0.05) is 11.9 Å². The molecule has 0 bridgehead atoms. The molecule has 3 heteroatoms. The van der Waals surface area contributed by atoms with Crippen LogP contribution in [0.4, 0.5) is 0 Å². The average Bonchev–Trinajstić information content (AvgIpc) is 2.66. The summed E-state index contributed by atoms with van der Waals surface area (Å²) < 4.78 is 5.91. The second-order valence-electron chi connectivity index (χ2n) is 6.62. The Hall–Kier alpha value is -2.81. The smallest absolute Gasteiger partial charge is 0.260 e. The molecule has 0 aromatic heterocycles. The van der Waals surface area contributed by atoms with Crippen LogP contribution in [0.5, 0.6) is 5.75 Å². The molecule has 1 N–H and O–H groups in total. The summed E-state index contributed by atoms with van der Waals surface area (Å²) in [6, 6.07) is 22.4. The molecule has 0 fully saturated rings. The Labute approximate surface area is 155 Å². The van der Waals surface area contributed by atoms with E-state index in [1.165, 1.54) is 11.1 Å². The summed E-state index contributed by atoms with van der Waals surface area (Å²) in [5.74, 6) is 0.659. The number of carbonyl (C=O) groups is 1. The molecule has 0 radical (unpaired) electrons. The number of rotatable bonds is 7. The molecular weight excluding hydrogens is 322 g/mol. The van der Waals surface area contributed by atoms with Gasteiger partial charge in [-0.15, -0.1) is 0 Å². The molecule has 0 aliphatic heterocycles. The summed E-state index contributed by atoms with van der Waals surface area (Å²) in [5, 5.41) is 5.10. The summed E-state index contributed by atoms with van der Waals surface area (Å²) in [6.07, 6.45) is 1.34. The molecule has 26 heavy (non-hydrogen) atoms. The summed E-state index contributed by atoms with van der Waals surface area (Å²) in [7, 11) is 0. The molecule has 3 aromatic carbocycles.